The number of halogens is 1. The van der Waals surface area contributed by atoms with Gasteiger partial charge in [0.25, 0.3) is 0 Å². The Kier molecular flexibility index (Phi) is 5.50. The van der Waals surface area contributed by atoms with Crippen LogP contribution in [-0.2, 0) is 9.53 Å². The summed E-state index contributed by atoms with van der Waals surface area (Å²) in [5, 5.41) is 0.194. The summed E-state index contributed by atoms with van der Waals surface area (Å²) in [4.78, 5) is 25.1. The number of carbonyl (C=O) groups excluding carboxylic acids is 2. The summed E-state index contributed by atoms with van der Waals surface area (Å²) in [6.45, 7) is 1.55. The van der Waals surface area contributed by atoms with Crippen molar-refractivity contribution < 1.29 is 23.8 Å². The Morgan fingerprint density at radius 3 is 2.64 bits per heavy atom. The maximum absolute atomic E-state index is 12.2. The molecule has 0 saturated heterocycles. The molecule has 2 aromatic rings. The highest BCUT2D eigenvalue weighted by molar-refractivity contribution is 8.00. The predicted molar refractivity (Wildman–Crippen MR) is 94.6 cm³/mol. The Labute approximate surface area is 154 Å². The first-order chi connectivity index (χ1) is 12.0. The first-order valence-electron chi connectivity index (χ1n) is 7.54. The van der Waals surface area contributed by atoms with Crippen molar-refractivity contribution in [3.63, 3.8) is 0 Å². The number of ether oxygens (including phenoxy) is 3. The summed E-state index contributed by atoms with van der Waals surface area (Å²) < 4.78 is 15.6. The van der Waals surface area contributed by atoms with Crippen molar-refractivity contribution >= 4 is 35.1 Å². The number of benzene rings is 2. The highest BCUT2D eigenvalue weighted by Gasteiger charge is 2.20. The minimum atomic E-state index is -0.450. The lowest BCUT2D eigenvalue weighted by Crippen LogP contribution is -2.21. The number of ketones is 1. The summed E-state index contributed by atoms with van der Waals surface area (Å²) in [7, 11) is 0. The van der Waals surface area contributed by atoms with Gasteiger partial charge in [-0.1, -0.05) is 11.6 Å². The number of hydrogen-bond donors (Lipinski definition) is 0. The molecule has 5 nitrogen and oxygen atoms in total. The third-order valence-electron chi connectivity index (χ3n) is 3.50. The van der Waals surface area contributed by atoms with Crippen LogP contribution in [0.2, 0.25) is 5.02 Å². The van der Waals surface area contributed by atoms with Crippen molar-refractivity contribution in [3.05, 3.63) is 53.1 Å². The van der Waals surface area contributed by atoms with Gasteiger partial charge in [-0.2, -0.15) is 0 Å². The van der Waals surface area contributed by atoms with Gasteiger partial charge in [-0.15, -0.1) is 11.8 Å². The minimum Gasteiger partial charge on any atom is -0.456 e. The molecule has 0 bridgehead atoms. The lowest BCUT2D eigenvalue weighted by Gasteiger charge is -2.11. The van der Waals surface area contributed by atoms with Gasteiger partial charge in [-0.05, 0) is 49.4 Å². The molecular formula is C18H15ClO5S. The normalized spacial score (nSPS) is 13.4. The van der Waals surface area contributed by atoms with Gasteiger partial charge in [0, 0.05) is 15.5 Å². The Morgan fingerprint density at radius 1 is 1.16 bits per heavy atom. The molecule has 25 heavy (non-hydrogen) atoms. The van der Waals surface area contributed by atoms with Gasteiger partial charge in [-0.3, -0.25) is 9.59 Å². The minimum absolute atomic E-state index is 0.140. The van der Waals surface area contributed by atoms with Crippen LogP contribution in [0.4, 0.5) is 0 Å². The molecule has 7 heteroatoms. The summed E-state index contributed by atoms with van der Waals surface area (Å²) in [6.07, 6.45) is 0. The van der Waals surface area contributed by atoms with E-state index in [4.69, 9.17) is 25.8 Å². The monoisotopic (exact) mass is 378 g/mol. The van der Waals surface area contributed by atoms with E-state index in [1.54, 1.807) is 37.3 Å². The van der Waals surface area contributed by atoms with Gasteiger partial charge in [-0.25, -0.2) is 0 Å². The van der Waals surface area contributed by atoms with Crippen LogP contribution >= 0.6 is 23.4 Å². The average Bonchev–Trinajstić information content (AvgIpc) is 3.08. The van der Waals surface area contributed by atoms with E-state index in [9.17, 15) is 9.59 Å². The summed E-state index contributed by atoms with van der Waals surface area (Å²) >= 11 is 7.18. The zero-order chi connectivity index (χ0) is 17.8. The fourth-order valence-corrected chi connectivity index (χ4v) is 3.16. The highest BCUT2D eigenvalue weighted by atomic mass is 35.5. The Hall–Kier alpha value is -2.18. The van der Waals surface area contributed by atoms with E-state index >= 15 is 0 Å². The van der Waals surface area contributed by atoms with Crippen molar-refractivity contribution in [1.82, 2.24) is 0 Å². The standard InChI is InChI=1S/C18H15ClO5S/c1-11(25-14-5-3-13(19)4-6-14)18(21)22-9-15(20)12-2-7-16-17(8-12)24-10-23-16/h2-8,11H,9-10H2,1H3/t11-/m0/s1. The second-order valence-corrected chi connectivity index (χ2v) is 7.16. The van der Waals surface area contributed by atoms with Crippen LogP contribution in [0.5, 0.6) is 11.5 Å². The van der Waals surface area contributed by atoms with E-state index in [1.165, 1.54) is 11.8 Å². The second kappa shape index (κ2) is 7.80. The highest BCUT2D eigenvalue weighted by Crippen LogP contribution is 2.32. The van der Waals surface area contributed by atoms with E-state index in [2.05, 4.69) is 0 Å². The molecular weight excluding hydrogens is 364 g/mol. The van der Waals surface area contributed by atoms with Gasteiger partial charge < -0.3 is 14.2 Å². The quantitative estimate of drug-likeness (QED) is 0.430. The number of thioether (sulfide) groups is 1. The lowest BCUT2D eigenvalue weighted by atomic mass is 10.1. The second-order valence-electron chi connectivity index (χ2n) is 5.31. The first kappa shape index (κ1) is 17.6. The van der Waals surface area contributed by atoms with Crippen LogP contribution in [0, 0.1) is 0 Å². The number of carbonyl (C=O) groups is 2. The van der Waals surface area contributed by atoms with Gasteiger partial charge in [0.05, 0.1) is 0 Å². The van der Waals surface area contributed by atoms with Crippen LogP contribution in [0.15, 0.2) is 47.4 Å². The molecule has 0 saturated carbocycles. The molecule has 0 aliphatic carbocycles. The number of fused-ring (bicyclic) bond motifs is 1. The van der Waals surface area contributed by atoms with Crippen LogP contribution in [-0.4, -0.2) is 30.4 Å². The number of rotatable bonds is 6. The Balaban J connectivity index is 1.52. The molecule has 1 aliphatic heterocycles. The van der Waals surface area contributed by atoms with Gasteiger partial charge in [0.15, 0.2) is 23.9 Å². The molecule has 0 spiro atoms. The van der Waals surface area contributed by atoms with Crippen LogP contribution in [0.3, 0.4) is 0 Å². The molecule has 3 rings (SSSR count). The largest absolute Gasteiger partial charge is 0.456 e. The molecule has 1 atom stereocenters. The van der Waals surface area contributed by atoms with E-state index in [0.29, 0.717) is 22.1 Å². The van der Waals surface area contributed by atoms with E-state index in [1.807, 2.05) is 12.1 Å². The van der Waals surface area contributed by atoms with E-state index < -0.39 is 11.2 Å². The smallest absolute Gasteiger partial charge is 0.319 e. The zero-order valence-corrected chi connectivity index (χ0v) is 14.9. The van der Waals surface area contributed by atoms with Crippen molar-refractivity contribution in [3.8, 4) is 11.5 Å². The first-order valence-corrected chi connectivity index (χ1v) is 8.80. The molecule has 0 amide bonds. The third-order valence-corrected chi connectivity index (χ3v) is 4.84. The molecule has 0 N–H and O–H groups in total. The van der Waals surface area contributed by atoms with Crippen molar-refractivity contribution in [2.24, 2.45) is 0 Å². The fourth-order valence-electron chi connectivity index (χ4n) is 2.17. The Morgan fingerprint density at radius 2 is 1.88 bits per heavy atom. The predicted octanol–water partition coefficient (Wildman–Crippen LogP) is 3.98. The molecule has 0 fully saturated rings. The van der Waals surface area contributed by atoms with Crippen molar-refractivity contribution in [2.75, 3.05) is 13.4 Å². The number of esters is 1. The summed E-state index contributed by atoms with van der Waals surface area (Å²) in [5.74, 6) is 0.370. The fraction of sp³-hybridized carbons (Fsp3) is 0.222. The lowest BCUT2D eigenvalue weighted by molar-refractivity contribution is -0.141. The average molecular weight is 379 g/mol. The molecule has 1 aliphatic rings. The topological polar surface area (TPSA) is 61.8 Å². The Bertz CT molecular complexity index is 791. The molecule has 130 valence electrons. The van der Waals surface area contributed by atoms with Crippen molar-refractivity contribution in [1.29, 1.82) is 0 Å². The van der Waals surface area contributed by atoms with Crippen LogP contribution < -0.4 is 9.47 Å². The van der Waals surface area contributed by atoms with E-state index in [0.717, 1.165) is 4.90 Å². The molecule has 2 aromatic carbocycles. The maximum Gasteiger partial charge on any atom is 0.319 e. The van der Waals surface area contributed by atoms with E-state index in [-0.39, 0.29) is 19.2 Å². The van der Waals surface area contributed by atoms with Gasteiger partial charge >= 0.3 is 5.97 Å². The van der Waals surface area contributed by atoms with Crippen molar-refractivity contribution in [2.45, 2.75) is 17.1 Å². The van der Waals surface area contributed by atoms with Crippen LogP contribution in [0.25, 0.3) is 0 Å². The summed E-state index contributed by atoms with van der Waals surface area (Å²) in [6, 6.07) is 12.0. The van der Waals surface area contributed by atoms with Gasteiger partial charge in [0.1, 0.15) is 5.25 Å². The van der Waals surface area contributed by atoms with Gasteiger partial charge in [0.2, 0.25) is 6.79 Å². The summed E-state index contributed by atoms with van der Waals surface area (Å²) in [5.41, 5.74) is 0.412. The molecule has 0 aromatic heterocycles. The molecule has 0 radical (unpaired) electrons. The zero-order valence-electron chi connectivity index (χ0n) is 13.4. The third kappa shape index (κ3) is 4.46. The molecule has 1 heterocycles. The number of hydrogen-bond acceptors (Lipinski definition) is 6. The molecule has 0 unspecified atom stereocenters. The maximum atomic E-state index is 12.2. The SMILES string of the molecule is C[C@H](Sc1ccc(Cl)cc1)C(=O)OCC(=O)c1ccc2c(c1)OCO2. The number of Topliss-reactive ketones (excluding diaryl/α,β-unsaturated/α-hetero) is 1. The van der Waals surface area contributed by atoms with Crippen LogP contribution in [0.1, 0.15) is 17.3 Å².